The third-order valence-corrected chi connectivity index (χ3v) is 0.424. The Labute approximate surface area is 55.3 Å². The van der Waals surface area contributed by atoms with Crippen molar-refractivity contribution in [3.63, 3.8) is 0 Å². The molecule has 0 aliphatic carbocycles. The van der Waals surface area contributed by atoms with Crippen LogP contribution in [0.5, 0.6) is 0 Å². The second kappa shape index (κ2) is 4.59. The molecule has 0 saturated heterocycles. The molecule has 0 aliphatic heterocycles. The predicted octanol–water partition coefficient (Wildman–Crippen LogP) is -0.0681. The molecule has 0 heterocycles. The number of ether oxygens (including phenoxy) is 1. The molecule has 0 spiro atoms. The van der Waals surface area contributed by atoms with Crippen molar-refractivity contribution in [3.8, 4) is 0 Å². The smallest absolute Gasteiger partial charge is 0.305 e. The second-order valence-corrected chi connectivity index (χ2v) is 0.890. The fourth-order valence-electron chi connectivity index (χ4n) is 0.142. The van der Waals surface area contributed by atoms with Gasteiger partial charge >= 0.3 is 5.97 Å². The maximum absolute atomic E-state index is 10.8. The summed E-state index contributed by atoms with van der Waals surface area (Å²) in [5, 5.41) is 8.60. The topological polar surface area (TPSA) is 46.5 Å². The Kier molecular flexibility index (Phi) is 1.35. The van der Waals surface area contributed by atoms with Crippen molar-refractivity contribution >= 4 is 5.97 Å². The van der Waals surface area contributed by atoms with Crippen LogP contribution in [0.2, 0.25) is 0 Å². The van der Waals surface area contributed by atoms with Gasteiger partial charge in [0.15, 0.2) is 0 Å². The molecule has 0 bridgehead atoms. The number of carbonyl (C=O) groups is 1. The highest BCUT2D eigenvalue weighted by Crippen LogP contribution is 1.87. The van der Waals surface area contributed by atoms with Crippen LogP contribution in [0.1, 0.15) is 19.6 Å². The summed E-state index contributed by atoms with van der Waals surface area (Å²) < 4.78 is 38.6. The largest absolute Gasteiger partial charge is 0.469 e. The molecule has 0 rings (SSSR count). The van der Waals surface area contributed by atoms with Gasteiger partial charge < -0.3 is 9.84 Å². The van der Waals surface area contributed by atoms with Gasteiger partial charge in [0.05, 0.1) is 8.48 Å². The average molecular weight is 123 g/mol. The molecule has 0 aromatic rings. The quantitative estimate of drug-likeness (QED) is 0.534. The van der Waals surface area contributed by atoms with E-state index in [2.05, 4.69) is 4.74 Å². The minimum Gasteiger partial charge on any atom is -0.469 e. The Morgan fingerprint density at radius 3 is 3.00 bits per heavy atom. The normalized spacial score (nSPS) is 25.5. The minimum absolute atomic E-state index is 0.895. The predicted molar refractivity (Wildman–Crippen MR) is 28.3 cm³/mol. The fraction of sp³-hybridized carbons (Fsp3) is 0.800. The van der Waals surface area contributed by atoms with Crippen molar-refractivity contribution in [2.75, 3.05) is 13.7 Å². The van der Waals surface area contributed by atoms with Crippen LogP contribution in [0.3, 0.4) is 0 Å². The summed E-state index contributed by atoms with van der Waals surface area (Å²) in [6.45, 7) is -2.35. The molecule has 3 heteroatoms. The molecule has 1 N–H and O–H groups in total. The molecule has 1 atom stereocenters. The molecule has 8 heavy (non-hydrogen) atoms. The van der Waals surface area contributed by atoms with Gasteiger partial charge in [-0.2, -0.15) is 0 Å². The second-order valence-electron chi connectivity index (χ2n) is 0.890. The molecule has 0 radical (unpaired) electrons. The summed E-state index contributed by atoms with van der Waals surface area (Å²) in [5.74, 6) is -1.45. The third-order valence-electron chi connectivity index (χ3n) is 0.424. The van der Waals surface area contributed by atoms with Crippen LogP contribution in [0.15, 0.2) is 0 Å². The number of aliphatic hydroxyl groups is 1. The summed E-state index contributed by atoms with van der Waals surface area (Å²) in [7, 11) is 0.895. The van der Waals surface area contributed by atoms with E-state index in [9.17, 15) is 4.79 Å². The maximum Gasteiger partial charge on any atom is 0.305 e. The average Bonchev–Trinajstić information content (AvgIpc) is 2.02. The SMILES string of the molecule is [2H][C@H](O)C([2H])([2H])C([2H])([2H])C(=O)OC. The lowest BCUT2D eigenvalue weighted by atomic mass is 10.3. The van der Waals surface area contributed by atoms with Gasteiger partial charge in [0.2, 0.25) is 0 Å². The van der Waals surface area contributed by atoms with E-state index in [1.807, 2.05) is 0 Å². The van der Waals surface area contributed by atoms with Gasteiger partial charge in [-0.15, -0.1) is 0 Å². The number of aliphatic hydroxyl groups excluding tert-OH is 1. The van der Waals surface area contributed by atoms with E-state index in [1.54, 1.807) is 0 Å². The van der Waals surface area contributed by atoms with Crippen LogP contribution >= 0.6 is 0 Å². The zero-order valence-corrected chi connectivity index (χ0v) is 4.34. The first-order chi connectivity index (χ1) is 5.67. The van der Waals surface area contributed by atoms with Crippen LogP contribution < -0.4 is 0 Å². The summed E-state index contributed by atoms with van der Waals surface area (Å²) in [5.41, 5.74) is 0. The van der Waals surface area contributed by atoms with Crippen LogP contribution in [0, 0.1) is 0 Å². The number of esters is 1. The van der Waals surface area contributed by atoms with Crippen LogP contribution in [-0.2, 0) is 9.53 Å². The Bertz CT molecular complexity index is 202. The lowest BCUT2D eigenvalue weighted by Crippen LogP contribution is -2.00. The molecule has 3 nitrogen and oxygen atoms in total. The zero-order chi connectivity index (χ0) is 10.9. The van der Waals surface area contributed by atoms with Crippen molar-refractivity contribution in [2.45, 2.75) is 12.7 Å². The van der Waals surface area contributed by atoms with Crippen molar-refractivity contribution in [2.24, 2.45) is 0 Å². The van der Waals surface area contributed by atoms with Gasteiger partial charge in [-0.25, -0.2) is 0 Å². The molecule has 0 saturated carbocycles. The first-order valence-electron chi connectivity index (χ1n) is 4.44. The monoisotopic (exact) mass is 123 g/mol. The molecular formula is C5H10O3. The van der Waals surface area contributed by atoms with E-state index in [0.29, 0.717) is 0 Å². The Balaban J connectivity index is 4.91. The molecule has 0 unspecified atom stereocenters. The molecule has 0 fully saturated rings. The number of carbonyl (C=O) groups excluding carboxylic acids is 1. The van der Waals surface area contributed by atoms with Crippen LogP contribution in [0.4, 0.5) is 0 Å². The standard InChI is InChI=1S/C5H10O3/c1-8-5(7)3-2-4-6/h6H,2-4H2,1H3/i2D2,3D2,4D/t4-/m0/s1. The zero-order valence-electron chi connectivity index (χ0n) is 9.34. The lowest BCUT2D eigenvalue weighted by molar-refractivity contribution is -0.140. The molecule has 0 aromatic heterocycles. The first kappa shape index (κ1) is 2.35. The summed E-state index contributed by atoms with van der Waals surface area (Å²) in [6, 6.07) is 0. The number of hydrogen-bond acceptors (Lipinski definition) is 3. The Morgan fingerprint density at radius 2 is 2.62 bits per heavy atom. The van der Waals surface area contributed by atoms with Gasteiger partial charge in [-0.05, 0) is 6.37 Å². The van der Waals surface area contributed by atoms with E-state index < -0.39 is 25.3 Å². The van der Waals surface area contributed by atoms with Crippen LogP contribution in [-0.4, -0.2) is 24.8 Å². The number of hydrogen-bond donors (Lipinski definition) is 1. The molecule has 0 amide bonds. The first-order valence-corrected chi connectivity index (χ1v) is 1.86. The van der Waals surface area contributed by atoms with Crippen molar-refractivity contribution in [3.05, 3.63) is 0 Å². The minimum atomic E-state index is -3.04. The Morgan fingerprint density at radius 1 is 2.00 bits per heavy atom. The Hall–Kier alpha value is -0.570. The highest BCUT2D eigenvalue weighted by molar-refractivity contribution is 5.68. The van der Waals surface area contributed by atoms with Gasteiger partial charge in [0, 0.05) is 18.4 Å². The van der Waals surface area contributed by atoms with Crippen molar-refractivity contribution in [1.29, 1.82) is 0 Å². The lowest BCUT2D eigenvalue weighted by Gasteiger charge is -1.93. The highest BCUT2D eigenvalue weighted by atomic mass is 16.5. The molecule has 0 aliphatic rings. The highest BCUT2D eigenvalue weighted by Gasteiger charge is 1.95. The third kappa shape index (κ3) is 3.61. The maximum atomic E-state index is 10.8. The van der Waals surface area contributed by atoms with Gasteiger partial charge in [-0.3, -0.25) is 4.79 Å². The van der Waals surface area contributed by atoms with Crippen molar-refractivity contribution in [1.82, 2.24) is 0 Å². The van der Waals surface area contributed by atoms with Gasteiger partial charge in [0.25, 0.3) is 0 Å². The number of rotatable bonds is 3. The van der Waals surface area contributed by atoms with Gasteiger partial charge in [-0.1, -0.05) is 0 Å². The van der Waals surface area contributed by atoms with Crippen molar-refractivity contribution < 1.29 is 21.5 Å². The van der Waals surface area contributed by atoms with E-state index in [0.717, 1.165) is 7.11 Å². The van der Waals surface area contributed by atoms with E-state index >= 15 is 0 Å². The summed E-state index contributed by atoms with van der Waals surface area (Å²) >= 11 is 0. The number of methoxy groups -OCH3 is 1. The molecule has 48 valence electrons. The van der Waals surface area contributed by atoms with E-state index in [-0.39, 0.29) is 0 Å². The summed E-state index contributed by atoms with van der Waals surface area (Å²) in [4.78, 5) is 10.8. The van der Waals surface area contributed by atoms with Gasteiger partial charge in [0.1, 0.15) is 0 Å². The van der Waals surface area contributed by atoms with Crippen LogP contribution in [0.25, 0.3) is 0 Å². The van der Waals surface area contributed by atoms with E-state index in [4.69, 9.17) is 12.0 Å². The molecular weight excluding hydrogens is 108 g/mol. The molecule has 0 aromatic carbocycles. The fourth-order valence-corrected chi connectivity index (χ4v) is 0.142. The van der Waals surface area contributed by atoms with E-state index in [1.165, 1.54) is 0 Å². The summed E-state index contributed by atoms with van der Waals surface area (Å²) in [6.07, 6.45) is -6.04.